The van der Waals surface area contributed by atoms with Crippen LogP contribution in [0.1, 0.15) is 45.3 Å². The van der Waals surface area contributed by atoms with Gasteiger partial charge in [0.15, 0.2) is 22.4 Å². The fraction of sp³-hybridized carbons (Fsp3) is 0.276. The van der Waals surface area contributed by atoms with E-state index in [0.29, 0.717) is 28.3 Å². The molecule has 0 aliphatic carbocycles. The number of rotatable bonds is 8. The third-order valence-corrected chi connectivity index (χ3v) is 7.96. The highest BCUT2D eigenvalue weighted by molar-refractivity contribution is 7.17. The van der Waals surface area contributed by atoms with Crippen LogP contribution >= 0.6 is 11.3 Å². The van der Waals surface area contributed by atoms with Crippen molar-refractivity contribution in [3.63, 3.8) is 0 Å². The van der Waals surface area contributed by atoms with Crippen LogP contribution in [0, 0.1) is 13.8 Å². The van der Waals surface area contributed by atoms with Crippen molar-refractivity contribution in [1.29, 1.82) is 0 Å². The largest absolute Gasteiger partial charge is 0.505 e. The number of fused-ring (bicyclic) bond motifs is 1. The van der Waals surface area contributed by atoms with E-state index in [9.17, 15) is 19.5 Å². The quantitative estimate of drug-likeness (QED) is 0.137. The zero-order chi connectivity index (χ0) is 30.3. The number of hydrogen-bond acceptors (Lipinski definition) is 11. The summed E-state index contributed by atoms with van der Waals surface area (Å²) >= 11 is 0.912. The van der Waals surface area contributed by atoms with Crippen LogP contribution < -0.4 is 19.1 Å². The fourth-order valence-electron chi connectivity index (χ4n) is 5.00. The number of amides is 1. The van der Waals surface area contributed by atoms with Crippen LogP contribution in [-0.2, 0) is 14.3 Å². The lowest BCUT2D eigenvalue weighted by atomic mass is 9.95. The SMILES string of the molecule is CCOC(=O)c1sc(N2C(=O)C(=O)C(=C(O)c3c(C)nc4ccccn34)C2c2cc(OC)c(OC)c(OC)c2)nc1C. The lowest BCUT2D eigenvalue weighted by Crippen LogP contribution is -2.29. The molecule has 0 bridgehead atoms. The maximum atomic E-state index is 13.8. The third-order valence-electron chi connectivity index (χ3n) is 6.83. The van der Waals surface area contributed by atoms with Crippen LogP contribution in [0.3, 0.4) is 0 Å². The molecular weight excluding hydrogens is 564 g/mol. The third kappa shape index (κ3) is 4.51. The van der Waals surface area contributed by atoms with Crippen molar-refractivity contribution in [2.24, 2.45) is 0 Å². The Hall–Kier alpha value is -4.91. The molecule has 1 aliphatic rings. The number of hydrogen-bond donors (Lipinski definition) is 1. The lowest BCUT2D eigenvalue weighted by Gasteiger charge is -2.24. The van der Waals surface area contributed by atoms with Crippen molar-refractivity contribution in [2.45, 2.75) is 26.8 Å². The highest BCUT2D eigenvalue weighted by Crippen LogP contribution is 2.48. The molecule has 42 heavy (non-hydrogen) atoms. The monoisotopic (exact) mass is 592 g/mol. The summed E-state index contributed by atoms with van der Waals surface area (Å²) in [6.07, 6.45) is 1.70. The molecule has 0 saturated carbocycles. The molecule has 4 heterocycles. The molecule has 1 N–H and O–H groups in total. The second kappa shape index (κ2) is 11.2. The molecule has 0 radical (unpaired) electrons. The highest BCUT2D eigenvalue weighted by Gasteiger charge is 2.49. The molecule has 1 fully saturated rings. The minimum Gasteiger partial charge on any atom is -0.505 e. The minimum atomic E-state index is -1.19. The number of ketones is 1. The van der Waals surface area contributed by atoms with E-state index >= 15 is 0 Å². The Morgan fingerprint density at radius 3 is 2.33 bits per heavy atom. The molecule has 1 saturated heterocycles. The van der Waals surface area contributed by atoms with Gasteiger partial charge in [-0.15, -0.1) is 0 Å². The van der Waals surface area contributed by atoms with Gasteiger partial charge in [-0.25, -0.2) is 14.8 Å². The van der Waals surface area contributed by atoms with Gasteiger partial charge in [-0.1, -0.05) is 17.4 Å². The molecule has 13 heteroatoms. The Morgan fingerprint density at radius 1 is 1.02 bits per heavy atom. The summed E-state index contributed by atoms with van der Waals surface area (Å²) < 4.78 is 23.3. The molecule has 4 aromatic rings. The summed E-state index contributed by atoms with van der Waals surface area (Å²) in [5.41, 5.74) is 1.74. The summed E-state index contributed by atoms with van der Waals surface area (Å²) in [7, 11) is 4.33. The first kappa shape index (κ1) is 28.6. The van der Waals surface area contributed by atoms with E-state index in [1.807, 2.05) is 0 Å². The van der Waals surface area contributed by atoms with Crippen LogP contribution in [0.15, 0.2) is 42.1 Å². The van der Waals surface area contributed by atoms with E-state index in [1.165, 1.54) is 21.3 Å². The Morgan fingerprint density at radius 2 is 1.71 bits per heavy atom. The van der Waals surface area contributed by atoms with Crippen molar-refractivity contribution in [3.05, 3.63) is 69.6 Å². The van der Waals surface area contributed by atoms with Gasteiger partial charge in [0.25, 0.3) is 5.78 Å². The predicted molar refractivity (Wildman–Crippen MR) is 154 cm³/mol. The van der Waals surface area contributed by atoms with Crippen molar-refractivity contribution >= 4 is 45.5 Å². The predicted octanol–water partition coefficient (Wildman–Crippen LogP) is 4.24. The number of aliphatic hydroxyl groups is 1. The Balaban J connectivity index is 1.81. The molecule has 5 rings (SSSR count). The fourth-order valence-corrected chi connectivity index (χ4v) is 5.99. The van der Waals surface area contributed by atoms with Gasteiger partial charge in [0.05, 0.1) is 50.9 Å². The Bertz CT molecular complexity index is 1750. The summed E-state index contributed by atoms with van der Waals surface area (Å²) in [5, 5.41) is 11.9. The first-order valence-corrected chi connectivity index (χ1v) is 13.7. The molecular formula is C29H28N4O8S. The van der Waals surface area contributed by atoms with Crippen LogP contribution in [0.25, 0.3) is 11.4 Å². The first-order valence-electron chi connectivity index (χ1n) is 12.9. The van der Waals surface area contributed by atoms with Gasteiger partial charge in [-0.05, 0) is 50.6 Å². The molecule has 1 unspecified atom stereocenters. The van der Waals surface area contributed by atoms with Gasteiger partial charge in [-0.2, -0.15) is 0 Å². The number of nitrogens with zero attached hydrogens (tertiary/aromatic N) is 4. The molecule has 1 atom stereocenters. The number of esters is 1. The van der Waals surface area contributed by atoms with E-state index < -0.39 is 29.5 Å². The van der Waals surface area contributed by atoms with Crippen LogP contribution in [0.4, 0.5) is 5.13 Å². The van der Waals surface area contributed by atoms with E-state index in [0.717, 1.165) is 16.2 Å². The van der Waals surface area contributed by atoms with Crippen LogP contribution in [-0.4, -0.2) is 65.1 Å². The number of benzene rings is 1. The number of aliphatic hydroxyl groups excluding tert-OH is 1. The van der Waals surface area contributed by atoms with Crippen LogP contribution in [0.5, 0.6) is 17.2 Å². The van der Waals surface area contributed by atoms with Crippen molar-refractivity contribution < 1.29 is 38.4 Å². The second-order valence-electron chi connectivity index (χ2n) is 9.23. The second-order valence-corrected chi connectivity index (χ2v) is 10.2. The molecule has 12 nitrogen and oxygen atoms in total. The van der Waals surface area contributed by atoms with Crippen LogP contribution in [0.2, 0.25) is 0 Å². The number of carbonyl (C=O) groups is 3. The number of aromatic nitrogens is 3. The number of pyridine rings is 1. The molecule has 1 aliphatic heterocycles. The van der Waals surface area contributed by atoms with Crippen molar-refractivity contribution in [3.8, 4) is 17.2 Å². The van der Waals surface area contributed by atoms with Gasteiger partial charge in [0.2, 0.25) is 5.75 Å². The van der Waals surface area contributed by atoms with Gasteiger partial charge >= 0.3 is 11.9 Å². The van der Waals surface area contributed by atoms with E-state index in [1.54, 1.807) is 61.7 Å². The first-order chi connectivity index (χ1) is 20.2. The smallest absolute Gasteiger partial charge is 0.350 e. The van der Waals surface area contributed by atoms with E-state index in [-0.39, 0.29) is 39.4 Å². The number of anilines is 1. The van der Waals surface area contributed by atoms with Gasteiger partial charge in [0, 0.05) is 6.20 Å². The van der Waals surface area contributed by atoms with E-state index in [4.69, 9.17) is 18.9 Å². The number of imidazole rings is 1. The summed E-state index contributed by atoms with van der Waals surface area (Å²) in [5.74, 6) is -2.07. The standard InChI is InChI=1S/C29H28N4O8S/c1-7-41-28(37)26-15(3)31-29(42-26)33-22(16-12-17(38-4)25(40-6)18(13-16)39-5)20(24(35)27(33)36)23(34)21-14(2)30-19-10-8-9-11-32(19)21/h8-13,22,34H,7H2,1-6H3. The van der Waals surface area contributed by atoms with Crippen molar-refractivity contribution in [2.75, 3.05) is 32.8 Å². The summed E-state index contributed by atoms with van der Waals surface area (Å²) in [4.78, 5) is 50.4. The van der Waals surface area contributed by atoms with Gasteiger partial charge in [-0.3, -0.25) is 18.9 Å². The average molecular weight is 593 g/mol. The zero-order valence-electron chi connectivity index (χ0n) is 23.8. The number of Topliss-reactive ketones (excluding diaryl/α,β-unsaturated/α-hetero) is 1. The molecule has 0 spiro atoms. The molecule has 1 amide bonds. The highest BCUT2D eigenvalue weighted by atomic mass is 32.1. The average Bonchev–Trinajstić information content (AvgIpc) is 3.61. The molecule has 3 aromatic heterocycles. The summed E-state index contributed by atoms with van der Waals surface area (Å²) in [6, 6.07) is 7.31. The zero-order valence-corrected chi connectivity index (χ0v) is 24.6. The van der Waals surface area contributed by atoms with Gasteiger partial charge in [0.1, 0.15) is 16.2 Å². The normalized spacial score (nSPS) is 16.2. The number of carbonyl (C=O) groups excluding carboxylic acids is 3. The summed E-state index contributed by atoms with van der Waals surface area (Å²) in [6.45, 7) is 5.14. The topological polar surface area (TPSA) is 142 Å². The Labute approximate surface area is 244 Å². The van der Waals surface area contributed by atoms with Crippen molar-refractivity contribution in [1.82, 2.24) is 14.4 Å². The molecule has 1 aromatic carbocycles. The molecule has 218 valence electrons. The maximum absolute atomic E-state index is 13.8. The maximum Gasteiger partial charge on any atom is 0.350 e. The van der Waals surface area contributed by atoms with Gasteiger partial charge < -0.3 is 24.1 Å². The number of thiazole rings is 1. The number of ether oxygens (including phenoxy) is 4. The lowest BCUT2D eigenvalue weighted by molar-refractivity contribution is -0.132. The number of aryl methyl sites for hydroxylation is 2. The van der Waals surface area contributed by atoms with E-state index in [2.05, 4.69) is 9.97 Å². The minimum absolute atomic E-state index is 0.0744. The number of methoxy groups -OCH3 is 3. The Kier molecular flexibility index (Phi) is 7.61.